The lowest BCUT2D eigenvalue weighted by molar-refractivity contribution is -0.139. The fourth-order valence-electron chi connectivity index (χ4n) is 4.26. The van der Waals surface area contributed by atoms with Crippen molar-refractivity contribution in [2.24, 2.45) is 0 Å². The van der Waals surface area contributed by atoms with Gasteiger partial charge in [-0.2, -0.15) is 0 Å². The van der Waals surface area contributed by atoms with Crippen LogP contribution in [0.4, 0.5) is 10.1 Å². The van der Waals surface area contributed by atoms with Gasteiger partial charge >= 0.3 is 5.97 Å². The summed E-state index contributed by atoms with van der Waals surface area (Å²) in [5.41, 5.74) is 3.00. The van der Waals surface area contributed by atoms with Gasteiger partial charge in [-0.15, -0.1) is 11.8 Å². The third kappa shape index (κ3) is 4.92. The number of β-lactam (4-membered cyclic amide) rings is 1. The quantitative estimate of drug-likeness (QED) is 0.255. The minimum atomic E-state index is -1.07. The number of aliphatic carboxylic acids is 1. The number of hydrogen-bond donors (Lipinski definition) is 1. The topological polar surface area (TPSA) is 93.1 Å². The first-order valence-corrected chi connectivity index (χ1v) is 12.4. The van der Waals surface area contributed by atoms with Crippen LogP contribution in [0.2, 0.25) is 0 Å². The van der Waals surface area contributed by atoms with Gasteiger partial charge in [-0.3, -0.25) is 9.59 Å². The number of halogens is 1. The van der Waals surface area contributed by atoms with Crippen molar-refractivity contribution in [3.8, 4) is 11.5 Å². The largest absolute Gasteiger partial charge is 0.493 e. The molecule has 36 heavy (non-hydrogen) atoms. The van der Waals surface area contributed by atoms with E-state index in [1.54, 1.807) is 53.4 Å². The van der Waals surface area contributed by atoms with Gasteiger partial charge in [0.1, 0.15) is 17.3 Å². The van der Waals surface area contributed by atoms with Crippen molar-refractivity contribution in [2.45, 2.75) is 23.8 Å². The van der Waals surface area contributed by atoms with Crippen LogP contribution in [0.1, 0.15) is 33.9 Å². The Kier molecular flexibility index (Phi) is 6.65. The molecule has 0 saturated carbocycles. The van der Waals surface area contributed by atoms with E-state index in [1.165, 1.54) is 6.07 Å². The van der Waals surface area contributed by atoms with Crippen LogP contribution in [0.5, 0.6) is 11.5 Å². The molecule has 2 aliphatic rings. The molecule has 1 atom stereocenters. The van der Waals surface area contributed by atoms with Crippen LogP contribution in [0.15, 0.2) is 65.6 Å². The lowest BCUT2D eigenvalue weighted by Crippen LogP contribution is -2.46. The van der Waals surface area contributed by atoms with E-state index in [0.29, 0.717) is 30.0 Å². The Hall–Kier alpha value is -3.85. The summed E-state index contributed by atoms with van der Waals surface area (Å²) in [5, 5.41) is 8.74. The number of hydrogen-bond acceptors (Lipinski definition) is 6. The van der Waals surface area contributed by atoms with Crippen molar-refractivity contribution in [3.05, 3.63) is 83.2 Å². The van der Waals surface area contributed by atoms with Crippen molar-refractivity contribution in [2.75, 3.05) is 23.9 Å². The van der Waals surface area contributed by atoms with E-state index in [1.807, 2.05) is 6.07 Å². The normalized spacial score (nSPS) is 16.2. The maximum Gasteiger partial charge on any atom is 0.341 e. The smallest absolute Gasteiger partial charge is 0.341 e. The molecule has 3 aromatic carbocycles. The highest BCUT2D eigenvalue weighted by molar-refractivity contribution is 8.00. The molecule has 0 aliphatic carbocycles. The summed E-state index contributed by atoms with van der Waals surface area (Å²) in [6, 6.07) is 16.5. The highest BCUT2D eigenvalue weighted by Gasteiger charge is 2.38. The summed E-state index contributed by atoms with van der Waals surface area (Å²) in [7, 11) is 0. The molecule has 3 aromatic rings. The van der Waals surface area contributed by atoms with E-state index >= 15 is 0 Å². The summed E-state index contributed by atoms with van der Waals surface area (Å²) in [6.45, 7) is 0.171. The average molecular weight is 508 g/mol. The number of amides is 1. The Bertz CT molecular complexity index is 1340. The molecule has 184 valence electrons. The van der Waals surface area contributed by atoms with E-state index in [9.17, 15) is 18.8 Å². The van der Waals surface area contributed by atoms with Crippen LogP contribution in [0, 0.1) is 5.82 Å². The maximum absolute atomic E-state index is 14.6. The van der Waals surface area contributed by atoms with Crippen molar-refractivity contribution < 1.29 is 33.4 Å². The number of ketones is 1. The molecule has 1 saturated heterocycles. The molecule has 1 unspecified atom stereocenters. The fraction of sp³-hybridized carbons (Fsp3) is 0.222. The van der Waals surface area contributed by atoms with Gasteiger partial charge < -0.3 is 19.5 Å². The number of nitrogens with zero attached hydrogens (tertiary/aromatic N) is 1. The number of anilines is 1. The van der Waals surface area contributed by atoms with E-state index in [-0.39, 0.29) is 28.4 Å². The molecule has 9 heteroatoms. The predicted molar refractivity (Wildman–Crippen MR) is 132 cm³/mol. The monoisotopic (exact) mass is 507 g/mol. The Morgan fingerprint density at radius 2 is 1.92 bits per heavy atom. The molecule has 2 aliphatic heterocycles. The molecule has 0 radical (unpaired) electrons. The SMILES string of the molecule is O=C(O)COc1ccc(C2CC(=O)N2c2ccc(F)c(SCC(=O)c3ccc4c(c3)OCC4)c2)cc1. The summed E-state index contributed by atoms with van der Waals surface area (Å²) in [5.74, 6) is -0.564. The van der Waals surface area contributed by atoms with E-state index < -0.39 is 18.4 Å². The Labute approximate surface area is 210 Å². The molecule has 0 bridgehead atoms. The Morgan fingerprint density at radius 1 is 1.11 bits per heavy atom. The molecule has 2 heterocycles. The zero-order valence-electron chi connectivity index (χ0n) is 19.1. The number of carboxylic acid groups (broad SMARTS) is 1. The number of carboxylic acids is 1. The molecular formula is C27H22FNO6S. The third-order valence-corrected chi connectivity index (χ3v) is 7.18. The number of ether oxygens (including phenoxy) is 2. The van der Waals surface area contributed by atoms with Crippen LogP contribution in [-0.4, -0.2) is 41.7 Å². The van der Waals surface area contributed by atoms with Gasteiger partial charge in [0.15, 0.2) is 12.4 Å². The number of benzene rings is 3. The zero-order valence-corrected chi connectivity index (χ0v) is 19.9. The van der Waals surface area contributed by atoms with Crippen molar-refractivity contribution in [1.82, 2.24) is 0 Å². The number of carbonyl (C=O) groups is 3. The van der Waals surface area contributed by atoms with Gasteiger partial charge in [0, 0.05) is 22.6 Å². The lowest BCUT2D eigenvalue weighted by Gasteiger charge is -2.41. The first-order valence-electron chi connectivity index (χ1n) is 11.4. The van der Waals surface area contributed by atoms with Gasteiger partial charge in [-0.25, -0.2) is 9.18 Å². The first kappa shape index (κ1) is 23.9. The second kappa shape index (κ2) is 10.0. The summed E-state index contributed by atoms with van der Waals surface area (Å²) >= 11 is 1.09. The summed E-state index contributed by atoms with van der Waals surface area (Å²) < 4.78 is 25.3. The Balaban J connectivity index is 1.27. The number of Topliss-reactive ketones (excluding diaryl/α,β-unsaturated/α-hetero) is 1. The molecular weight excluding hydrogens is 485 g/mol. The molecule has 1 amide bonds. The van der Waals surface area contributed by atoms with E-state index in [2.05, 4.69) is 0 Å². The van der Waals surface area contributed by atoms with Crippen molar-refractivity contribution in [1.29, 1.82) is 0 Å². The van der Waals surface area contributed by atoms with Crippen molar-refractivity contribution >= 4 is 35.1 Å². The number of carbonyl (C=O) groups excluding carboxylic acids is 2. The predicted octanol–water partition coefficient (Wildman–Crippen LogP) is 4.68. The van der Waals surface area contributed by atoms with Gasteiger partial charge in [0.25, 0.3) is 0 Å². The van der Waals surface area contributed by atoms with Crippen LogP contribution in [0.25, 0.3) is 0 Å². The molecule has 7 nitrogen and oxygen atoms in total. The zero-order chi connectivity index (χ0) is 25.2. The standard InChI is InChI=1S/C27H22FNO6S/c28-21-8-5-19(12-25(21)36-15-23(30)18-2-1-17-9-10-34-24(17)11-18)29-22(13-26(29)31)16-3-6-20(7-4-16)35-14-27(32)33/h1-8,11-12,22H,9-10,13-15H2,(H,32,33). The van der Waals surface area contributed by atoms with Crippen LogP contribution in [-0.2, 0) is 16.0 Å². The highest BCUT2D eigenvalue weighted by Crippen LogP contribution is 2.41. The number of thioether (sulfide) groups is 1. The van der Waals surface area contributed by atoms with Gasteiger partial charge in [0.2, 0.25) is 5.91 Å². The van der Waals surface area contributed by atoms with Gasteiger partial charge in [-0.05, 0) is 47.5 Å². The fourth-order valence-corrected chi connectivity index (χ4v) is 5.12. The maximum atomic E-state index is 14.6. The van der Waals surface area contributed by atoms with Crippen molar-refractivity contribution in [3.63, 3.8) is 0 Å². The lowest BCUT2D eigenvalue weighted by atomic mass is 9.93. The van der Waals surface area contributed by atoms with Crippen LogP contribution < -0.4 is 14.4 Å². The minimum Gasteiger partial charge on any atom is -0.493 e. The summed E-state index contributed by atoms with van der Waals surface area (Å²) in [4.78, 5) is 37.7. The first-order chi connectivity index (χ1) is 17.4. The third-order valence-electron chi connectivity index (χ3n) is 6.15. The molecule has 0 aromatic heterocycles. The van der Waals surface area contributed by atoms with Crippen LogP contribution in [0.3, 0.4) is 0 Å². The molecule has 0 spiro atoms. The summed E-state index contributed by atoms with van der Waals surface area (Å²) in [6.07, 6.45) is 1.13. The molecule has 1 N–H and O–H groups in total. The second-order valence-electron chi connectivity index (χ2n) is 8.48. The molecule has 1 fully saturated rings. The van der Waals surface area contributed by atoms with Gasteiger partial charge in [0.05, 0.1) is 24.8 Å². The van der Waals surface area contributed by atoms with E-state index in [4.69, 9.17) is 14.6 Å². The van der Waals surface area contributed by atoms with E-state index in [0.717, 1.165) is 35.1 Å². The highest BCUT2D eigenvalue weighted by atomic mass is 32.2. The number of rotatable bonds is 9. The number of fused-ring (bicyclic) bond motifs is 1. The second-order valence-corrected chi connectivity index (χ2v) is 9.50. The average Bonchev–Trinajstić information content (AvgIpc) is 3.34. The minimum absolute atomic E-state index is 0.0499. The Morgan fingerprint density at radius 3 is 2.67 bits per heavy atom. The van der Waals surface area contributed by atoms with Crippen LogP contribution >= 0.6 is 11.8 Å². The van der Waals surface area contributed by atoms with Gasteiger partial charge in [-0.1, -0.05) is 24.3 Å². The molecule has 5 rings (SSSR count).